The SMILES string of the molecule is O=C(c1cc2ccccc2c(=O)[nH]1)N1CCN(S(=O)(=O)c2cccc(C(F)(F)F)c2)CC1. The summed E-state index contributed by atoms with van der Waals surface area (Å²) in [5.41, 5.74) is -1.37. The third-order valence-corrected chi connectivity index (χ3v) is 7.20. The molecule has 2 aromatic carbocycles. The van der Waals surface area contributed by atoms with E-state index in [2.05, 4.69) is 4.98 Å². The maximum absolute atomic E-state index is 12.9. The number of pyridine rings is 1. The Hall–Kier alpha value is -3.18. The Bertz CT molecular complexity index is 1340. The first-order chi connectivity index (χ1) is 15.1. The van der Waals surface area contributed by atoms with Gasteiger partial charge in [0.2, 0.25) is 10.0 Å². The first kappa shape index (κ1) is 22.0. The van der Waals surface area contributed by atoms with Crippen molar-refractivity contribution >= 4 is 26.7 Å². The van der Waals surface area contributed by atoms with Gasteiger partial charge in [-0.3, -0.25) is 9.59 Å². The van der Waals surface area contributed by atoms with E-state index in [0.29, 0.717) is 16.8 Å². The number of fused-ring (bicyclic) bond motifs is 1. The number of carbonyl (C=O) groups is 1. The van der Waals surface area contributed by atoms with Gasteiger partial charge in [-0.25, -0.2) is 8.42 Å². The molecular formula is C21H18F3N3O4S. The molecule has 11 heteroatoms. The smallest absolute Gasteiger partial charge is 0.335 e. The van der Waals surface area contributed by atoms with Crippen molar-refractivity contribution < 1.29 is 26.4 Å². The highest BCUT2D eigenvalue weighted by atomic mass is 32.2. The van der Waals surface area contributed by atoms with E-state index in [-0.39, 0.29) is 31.9 Å². The van der Waals surface area contributed by atoms with Crippen LogP contribution in [0, 0.1) is 0 Å². The first-order valence-electron chi connectivity index (χ1n) is 9.66. The molecule has 168 valence electrons. The summed E-state index contributed by atoms with van der Waals surface area (Å²) in [4.78, 5) is 28.6. The third-order valence-electron chi connectivity index (χ3n) is 5.31. The van der Waals surface area contributed by atoms with Crippen molar-refractivity contribution in [2.45, 2.75) is 11.1 Å². The van der Waals surface area contributed by atoms with Crippen molar-refractivity contribution in [1.82, 2.24) is 14.2 Å². The van der Waals surface area contributed by atoms with Crippen LogP contribution in [0.3, 0.4) is 0 Å². The molecule has 3 aromatic rings. The van der Waals surface area contributed by atoms with Gasteiger partial charge in [0.05, 0.1) is 10.5 Å². The van der Waals surface area contributed by atoms with E-state index < -0.39 is 38.1 Å². The number of rotatable bonds is 3. The summed E-state index contributed by atoms with van der Waals surface area (Å²) in [6.45, 7) is -0.0952. The number of piperazine rings is 1. The van der Waals surface area contributed by atoms with Crippen molar-refractivity contribution in [1.29, 1.82) is 0 Å². The molecule has 1 saturated heterocycles. The van der Waals surface area contributed by atoms with Gasteiger partial charge in [0, 0.05) is 31.6 Å². The number of aromatic amines is 1. The van der Waals surface area contributed by atoms with E-state index in [9.17, 15) is 31.2 Å². The van der Waals surface area contributed by atoms with Crippen LogP contribution >= 0.6 is 0 Å². The van der Waals surface area contributed by atoms with E-state index in [0.717, 1.165) is 22.5 Å². The second kappa shape index (κ2) is 8.06. The fourth-order valence-electron chi connectivity index (χ4n) is 3.61. The van der Waals surface area contributed by atoms with Gasteiger partial charge in [-0.2, -0.15) is 17.5 Å². The van der Waals surface area contributed by atoms with Gasteiger partial charge in [-0.1, -0.05) is 24.3 Å². The van der Waals surface area contributed by atoms with Crippen LogP contribution in [0.2, 0.25) is 0 Å². The van der Waals surface area contributed by atoms with Gasteiger partial charge in [0.15, 0.2) is 0 Å². The summed E-state index contributed by atoms with van der Waals surface area (Å²) < 4.78 is 65.5. The van der Waals surface area contributed by atoms with Crippen LogP contribution < -0.4 is 5.56 Å². The molecule has 1 N–H and O–H groups in total. The number of aromatic nitrogens is 1. The van der Waals surface area contributed by atoms with Gasteiger partial charge in [0.1, 0.15) is 5.69 Å². The molecule has 1 fully saturated rings. The maximum Gasteiger partial charge on any atom is 0.416 e. The second-order valence-electron chi connectivity index (χ2n) is 7.32. The van der Waals surface area contributed by atoms with Crippen LogP contribution in [-0.2, 0) is 16.2 Å². The lowest BCUT2D eigenvalue weighted by atomic mass is 10.1. The van der Waals surface area contributed by atoms with Gasteiger partial charge >= 0.3 is 6.18 Å². The van der Waals surface area contributed by atoms with Crippen molar-refractivity contribution in [3.63, 3.8) is 0 Å². The largest absolute Gasteiger partial charge is 0.416 e. The van der Waals surface area contributed by atoms with E-state index >= 15 is 0 Å². The molecule has 0 radical (unpaired) electrons. The number of sulfonamides is 1. The van der Waals surface area contributed by atoms with Crippen molar-refractivity contribution in [2.75, 3.05) is 26.2 Å². The van der Waals surface area contributed by atoms with Gasteiger partial charge in [-0.15, -0.1) is 0 Å². The number of alkyl halides is 3. The molecule has 7 nitrogen and oxygen atoms in total. The van der Waals surface area contributed by atoms with E-state index in [1.54, 1.807) is 30.3 Å². The molecule has 1 aliphatic rings. The predicted molar refractivity (Wildman–Crippen MR) is 111 cm³/mol. The van der Waals surface area contributed by atoms with Gasteiger partial charge < -0.3 is 9.88 Å². The summed E-state index contributed by atoms with van der Waals surface area (Å²) in [7, 11) is -4.16. The Morgan fingerprint density at radius 3 is 2.31 bits per heavy atom. The number of hydrogen-bond acceptors (Lipinski definition) is 4. The Labute approximate surface area is 181 Å². The molecule has 32 heavy (non-hydrogen) atoms. The molecule has 4 rings (SSSR count). The minimum Gasteiger partial charge on any atom is -0.335 e. The maximum atomic E-state index is 12.9. The predicted octanol–water partition coefficient (Wildman–Crippen LogP) is 2.69. The lowest BCUT2D eigenvalue weighted by molar-refractivity contribution is -0.137. The fraction of sp³-hybridized carbons (Fsp3) is 0.238. The highest BCUT2D eigenvalue weighted by Crippen LogP contribution is 2.31. The first-order valence-corrected chi connectivity index (χ1v) is 11.1. The lowest BCUT2D eigenvalue weighted by Crippen LogP contribution is -2.50. The molecule has 1 aromatic heterocycles. The van der Waals surface area contributed by atoms with Gasteiger partial charge in [0.25, 0.3) is 11.5 Å². The topological polar surface area (TPSA) is 90.6 Å². The molecule has 0 unspecified atom stereocenters. The zero-order chi connectivity index (χ0) is 23.1. The Balaban J connectivity index is 1.51. The molecule has 2 heterocycles. The van der Waals surface area contributed by atoms with Crippen molar-refractivity contribution in [3.05, 3.63) is 76.2 Å². The molecule has 1 amide bonds. The average molecular weight is 465 g/mol. The number of nitrogens with zero attached hydrogens (tertiary/aromatic N) is 2. The summed E-state index contributed by atoms with van der Waals surface area (Å²) in [5, 5.41) is 1.05. The Kier molecular flexibility index (Phi) is 5.55. The number of hydrogen-bond donors (Lipinski definition) is 1. The number of benzene rings is 2. The normalized spacial score (nSPS) is 15.8. The molecule has 0 spiro atoms. The third kappa shape index (κ3) is 4.13. The van der Waals surface area contributed by atoms with Crippen molar-refractivity contribution in [2.24, 2.45) is 0 Å². The summed E-state index contributed by atoms with van der Waals surface area (Å²) >= 11 is 0. The molecule has 1 aliphatic heterocycles. The van der Waals surface area contributed by atoms with Crippen LogP contribution in [0.4, 0.5) is 13.2 Å². The van der Waals surface area contributed by atoms with Gasteiger partial charge in [-0.05, 0) is 35.7 Å². The average Bonchev–Trinajstić information content (AvgIpc) is 2.78. The van der Waals surface area contributed by atoms with E-state index in [1.807, 2.05) is 0 Å². The molecular weight excluding hydrogens is 447 g/mol. The Morgan fingerprint density at radius 1 is 0.938 bits per heavy atom. The zero-order valence-corrected chi connectivity index (χ0v) is 17.4. The fourth-order valence-corrected chi connectivity index (χ4v) is 5.08. The van der Waals surface area contributed by atoms with Crippen LogP contribution in [-0.4, -0.2) is 54.7 Å². The van der Waals surface area contributed by atoms with Crippen LogP contribution in [0.15, 0.2) is 64.3 Å². The highest BCUT2D eigenvalue weighted by Gasteiger charge is 2.34. The van der Waals surface area contributed by atoms with Crippen LogP contribution in [0.25, 0.3) is 10.8 Å². The minimum atomic E-state index is -4.66. The zero-order valence-electron chi connectivity index (χ0n) is 16.6. The number of carbonyl (C=O) groups excluding carboxylic acids is 1. The summed E-state index contributed by atoms with van der Waals surface area (Å²) in [6, 6.07) is 11.9. The lowest BCUT2D eigenvalue weighted by Gasteiger charge is -2.34. The quantitative estimate of drug-likeness (QED) is 0.644. The van der Waals surface area contributed by atoms with E-state index in [4.69, 9.17) is 0 Å². The second-order valence-corrected chi connectivity index (χ2v) is 9.26. The molecule has 0 atom stereocenters. The molecule has 0 aliphatic carbocycles. The number of halogens is 3. The number of H-pyrrole nitrogens is 1. The summed E-state index contributed by atoms with van der Waals surface area (Å²) in [5.74, 6) is -0.455. The standard InChI is InChI=1S/C21H18F3N3O4S/c22-21(23,24)15-5-3-6-16(13-15)32(30,31)27-10-8-26(9-11-27)20(29)18-12-14-4-1-2-7-17(14)19(28)25-18/h1-7,12-13H,8-11H2,(H,25,28). The van der Waals surface area contributed by atoms with Crippen LogP contribution in [0.5, 0.6) is 0 Å². The molecule has 0 bridgehead atoms. The van der Waals surface area contributed by atoms with Crippen LogP contribution in [0.1, 0.15) is 16.1 Å². The number of nitrogens with one attached hydrogen (secondary N) is 1. The number of amides is 1. The monoisotopic (exact) mass is 465 g/mol. The highest BCUT2D eigenvalue weighted by molar-refractivity contribution is 7.89. The van der Waals surface area contributed by atoms with E-state index in [1.165, 1.54) is 4.90 Å². The Morgan fingerprint density at radius 2 is 1.62 bits per heavy atom. The minimum absolute atomic E-state index is 0.0336. The molecule has 0 saturated carbocycles. The summed E-state index contributed by atoms with van der Waals surface area (Å²) in [6.07, 6.45) is -4.66. The van der Waals surface area contributed by atoms with Crippen molar-refractivity contribution in [3.8, 4) is 0 Å².